The van der Waals surface area contributed by atoms with Gasteiger partial charge in [-0.15, -0.1) is 0 Å². The molecule has 5 nitrogen and oxygen atoms in total. The summed E-state index contributed by atoms with van der Waals surface area (Å²) in [4.78, 5) is 23.5. The van der Waals surface area contributed by atoms with Gasteiger partial charge >= 0.3 is 5.97 Å². The van der Waals surface area contributed by atoms with E-state index < -0.39 is 5.97 Å². The molecule has 2 aromatic rings. The third-order valence-corrected chi connectivity index (χ3v) is 3.04. The molecule has 0 spiro atoms. The van der Waals surface area contributed by atoms with Gasteiger partial charge in [-0.2, -0.15) is 0 Å². The summed E-state index contributed by atoms with van der Waals surface area (Å²) in [6.45, 7) is 7.75. The van der Waals surface area contributed by atoms with E-state index in [-0.39, 0.29) is 23.3 Å². The van der Waals surface area contributed by atoms with E-state index in [1.165, 1.54) is 13.2 Å². The van der Waals surface area contributed by atoms with E-state index in [4.69, 9.17) is 0 Å². The molecule has 0 aromatic heterocycles. The van der Waals surface area contributed by atoms with Crippen LogP contribution in [0.3, 0.4) is 0 Å². The molecule has 0 radical (unpaired) electrons. The Hall–Kier alpha value is -2.56. The zero-order valence-electron chi connectivity index (χ0n) is 14.1. The van der Waals surface area contributed by atoms with Gasteiger partial charge in [0.15, 0.2) is 0 Å². The molecule has 5 heteroatoms. The van der Waals surface area contributed by atoms with Crippen LogP contribution in [0.4, 0.5) is 0 Å². The number of hydrogen-bond donors (Lipinski definition) is 2. The Labute approximate surface area is 136 Å². The quantitative estimate of drug-likeness (QED) is 0.850. The third-order valence-electron chi connectivity index (χ3n) is 3.04. The summed E-state index contributed by atoms with van der Waals surface area (Å²) in [5.74, 6) is -0.788. The van der Waals surface area contributed by atoms with Gasteiger partial charge in [-0.25, -0.2) is 4.79 Å². The van der Waals surface area contributed by atoms with Crippen LogP contribution >= 0.6 is 0 Å². The number of rotatable bonds is 3. The number of hydrogen-bond acceptors (Lipinski definition) is 4. The molecule has 0 fully saturated rings. The van der Waals surface area contributed by atoms with Crippen LogP contribution in [-0.4, -0.2) is 30.1 Å². The number of phenolic OH excluding ortho intramolecular Hbond substituents is 1. The summed E-state index contributed by atoms with van der Waals surface area (Å²) >= 11 is 0. The highest BCUT2D eigenvalue weighted by Gasteiger charge is 2.13. The van der Waals surface area contributed by atoms with Crippen molar-refractivity contribution in [3.63, 3.8) is 0 Å². The van der Waals surface area contributed by atoms with E-state index in [9.17, 15) is 14.7 Å². The number of methoxy groups -OCH3 is 1. The number of amides is 1. The predicted molar refractivity (Wildman–Crippen MR) is 90.9 cm³/mol. The average molecular weight is 317 g/mol. The molecule has 0 saturated heterocycles. The molecule has 0 saturated carbocycles. The molecular formula is C18H23NO4. The Kier molecular flexibility index (Phi) is 6.57. The summed E-state index contributed by atoms with van der Waals surface area (Å²) in [6, 6.07) is 7.92. The number of phenols is 1. The molecule has 0 atom stereocenters. The lowest BCUT2D eigenvalue weighted by Crippen LogP contribution is -2.29. The fourth-order valence-electron chi connectivity index (χ4n) is 2.06. The minimum Gasteiger partial charge on any atom is -0.507 e. The monoisotopic (exact) mass is 317 g/mol. The summed E-state index contributed by atoms with van der Waals surface area (Å²) in [6.07, 6.45) is 0. The Bertz CT molecular complexity index is 707. The summed E-state index contributed by atoms with van der Waals surface area (Å²) in [5, 5.41) is 14.0. The molecule has 2 rings (SSSR count). The molecule has 0 aliphatic heterocycles. The predicted octanol–water partition coefficient (Wildman–Crippen LogP) is 3.50. The van der Waals surface area contributed by atoms with E-state index in [1.54, 1.807) is 24.3 Å². The number of aromatic hydroxyl groups is 1. The van der Waals surface area contributed by atoms with Crippen molar-refractivity contribution in [1.82, 2.24) is 5.32 Å². The molecule has 23 heavy (non-hydrogen) atoms. The molecule has 2 aromatic carbocycles. The Morgan fingerprint density at radius 1 is 1.09 bits per heavy atom. The molecule has 0 aliphatic carbocycles. The first-order valence-corrected chi connectivity index (χ1v) is 7.58. The summed E-state index contributed by atoms with van der Waals surface area (Å²) < 4.78 is 4.63. The first kappa shape index (κ1) is 18.5. The van der Waals surface area contributed by atoms with Gasteiger partial charge in [0.1, 0.15) is 5.75 Å². The number of benzene rings is 2. The van der Waals surface area contributed by atoms with Crippen molar-refractivity contribution in [2.45, 2.75) is 33.7 Å². The smallest absolute Gasteiger partial charge is 0.338 e. The second-order valence-corrected chi connectivity index (χ2v) is 5.05. The summed E-state index contributed by atoms with van der Waals surface area (Å²) in [7, 11) is 1.28. The second-order valence-electron chi connectivity index (χ2n) is 5.05. The van der Waals surface area contributed by atoms with Gasteiger partial charge in [0, 0.05) is 17.0 Å². The van der Waals surface area contributed by atoms with Crippen LogP contribution in [0.25, 0.3) is 10.8 Å². The number of carbonyl (C=O) groups is 2. The van der Waals surface area contributed by atoms with E-state index in [0.29, 0.717) is 16.3 Å². The maximum Gasteiger partial charge on any atom is 0.338 e. The molecule has 2 N–H and O–H groups in total. The van der Waals surface area contributed by atoms with Gasteiger partial charge in [-0.1, -0.05) is 19.9 Å². The minimum atomic E-state index is -0.520. The fraction of sp³-hybridized carbons (Fsp3) is 0.333. The zero-order valence-corrected chi connectivity index (χ0v) is 14.1. The Balaban J connectivity index is 0.00000127. The van der Waals surface area contributed by atoms with Crippen LogP contribution in [0.2, 0.25) is 0 Å². The summed E-state index contributed by atoms with van der Waals surface area (Å²) in [5.41, 5.74) is 0.721. The van der Waals surface area contributed by atoms with Crippen LogP contribution in [-0.2, 0) is 4.74 Å². The highest BCUT2D eigenvalue weighted by Crippen LogP contribution is 2.28. The molecule has 0 aliphatic rings. The number of esters is 1. The Morgan fingerprint density at radius 3 is 2.30 bits per heavy atom. The zero-order chi connectivity index (χ0) is 17.6. The molecule has 124 valence electrons. The number of ether oxygens (including phenoxy) is 1. The lowest BCUT2D eigenvalue weighted by Gasteiger charge is -2.10. The molecule has 1 amide bonds. The maximum atomic E-state index is 12.0. The topological polar surface area (TPSA) is 75.6 Å². The molecule has 0 unspecified atom stereocenters. The normalized spacial score (nSPS) is 10.0. The standard InChI is InChI=1S/C16H17NO4.C2H6/c1-9(2)17-15(19)11-5-4-10-6-12(16(20)21-3)8-14(18)13(10)7-11;1-2/h4-9,18H,1-3H3,(H,17,19);1-2H3. The van der Waals surface area contributed by atoms with E-state index in [0.717, 1.165) is 0 Å². The van der Waals surface area contributed by atoms with Crippen molar-refractivity contribution in [2.75, 3.05) is 7.11 Å². The highest BCUT2D eigenvalue weighted by atomic mass is 16.5. The van der Waals surface area contributed by atoms with Crippen LogP contribution in [0, 0.1) is 0 Å². The van der Waals surface area contributed by atoms with Gasteiger partial charge in [0.2, 0.25) is 0 Å². The SMILES string of the molecule is CC.COC(=O)c1cc(O)c2cc(C(=O)NC(C)C)ccc2c1. The lowest BCUT2D eigenvalue weighted by atomic mass is 10.0. The first-order chi connectivity index (χ1) is 10.9. The van der Waals surface area contributed by atoms with Crippen LogP contribution in [0.1, 0.15) is 48.4 Å². The van der Waals surface area contributed by atoms with Crippen molar-refractivity contribution in [2.24, 2.45) is 0 Å². The van der Waals surface area contributed by atoms with Crippen molar-refractivity contribution in [3.8, 4) is 5.75 Å². The minimum absolute atomic E-state index is 0.0310. The number of nitrogens with one attached hydrogen (secondary N) is 1. The molecular weight excluding hydrogens is 294 g/mol. The van der Waals surface area contributed by atoms with E-state index >= 15 is 0 Å². The molecule has 0 bridgehead atoms. The fourth-order valence-corrected chi connectivity index (χ4v) is 2.06. The van der Waals surface area contributed by atoms with Crippen molar-refractivity contribution >= 4 is 22.6 Å². The van der Waals surface area contributed by atoms with Gasteiger partial charge in [0.25, 0.3) is 5.91 Å². The third kappa shape index (κ3) is 4.45. The van der Waals surface area contributed by atoms with Crippen LogP contribution < -0.4 is 5.32 Å². The van der Waals surface area contributed by atoms with Gasteiger partial charge in [-0.3, -0.25) is 4.79 Å². The Morgan fingerprint density at radius 2 is 1.74 bits per heavy atom. The molecule has 0 heterocycles. The van der Waals surface area contributed by atoms with Crippen molar-refractivity contribution < 1.29 is 19.4 Å². The van der Waals surface area contributed by atoms with E-state index in [1.807, 2.05) is 27.7 Å². The van der Waals surface area contributed by atoms with Gasteiger partial charge in [0.05, 0.1) is 12.7 Å². The van der Waals surface area contributed by atoms with Crippen LogP contribution in [0.5, 0.6) is 5.75 Å². The highest BCUT2D eigenvalue weighted by molar-refractivity contribution is 6.02. The largest absolute Gasteiger partial charge is 0.507 e. The lowest BCUT2D eigenvalue weighted by molar-refractivity contribution is 0.0600. The van der Waals surface area contributed by atoms with Crippen LogP contribution in [0.15, 0.2) is 30.3 Å². The first-order valence-electron chi connectivity index (χ1n) is 7.58. The van der Waals surface area contributed by atoms with Crippen molar-refractivity contribution in [3.05, 3.63) is 41.5 Å². The van der Waals surface area contributed by atoms with Crippen molar-refractivity contribution in [1.29, 1.82) is 0 Å². The second kappa shape index (κ2) is 8.17. The maximum absolute atomic E-state index is 12.0. The van der Waals surface area contributed by atoms with Gasteiger partial charge < -0.3 is 15.2 Å². The number of fused-ring (bicyclic) bond motifs is 1. The number of carbonyl (C=O) groups excluding carboxylic acids is 2. The van der Waals surface area contributed by atoms with Gasteiger partial charge in [-0.05, 0) is 43.5 Å². The average Bonchev–Trinajstić information content (AvgIpc) is 2.54. The van der Waals surface area contributed by atoms with E-state index in [2.05, 4.69) is 10.1 Å².